The van der Waals surface area contributed by atoms with Crippen LogP contribution < -0.4 is 10.2 Å². The summed E-state index contributed by atoms with van der Waals surface area (Å²) >= 11 is 0. The summed E-state index contributed by atoms with van der Waals surface area (Å²) in [5.74, 6) is 0.551. The lowest BCUT2D eigenvalue weighted by Crippen LogP contribution is -2.54. The third-order valence-corrected chi connectivity index (χ3v) is 4.52. The summed E-state index contributed by atoms with van der Waals surface area (Å²) in [6.45, 7) is 9.27. The van der Waals surface area contributed by atoms with Crippen molar-refractivity contribution in [3.63, 3.8) is 0 Å². The molecule has 1 fully saturated rings. The molecule has 0 radical (unpaired) electrons. The molecule has 1 aliphatic rings. The van der Waals surface area contributed by atoms with Gasteiger partial charge in [-0.1, -0.05) is 17.7 Å². The molecule has 25 heavy (non-hydrogen) atoms. The van der Waals surface area contributed by atoms with Crippen LogP contribution in [0.25, 0.3) is 0 Å². The molecule has 1 saturated heterocycles. The number of hydrogen-bond donors (Lipinski definition) is 1. The zero-order valence-electron chi connectivity index (χ0n) is 15.1. The normalized spacial score (nSPS) is 17.5. The number of nitrogens with zero attached hydrogens (tertiary/aromatic N) is 4. The summed E-state index contributed by atoms with van der Waals surface area (Å²) in [6, 6.07) is 8.68. The number of carbonyl (C=O) groups excluding carboxylic acids is 1. The van der Waals surface area contributed by atoms with Crippen LogP contribution in [0.3, 0.4) is 0 Å². The molecule has 1 N–H and O–H groups in total. The van der Waals surface area contributed by atoms with E-state index in [1.807, 2.05) is 11.8 Å². The van der Waals surface area contributed by atoms with Gasteiger partial charge in [-0.2, -0.15) is 0 Å². The van der Waals surface area contributed by atoms with Crippen LogP contribution in [0.1, 0.15) is 29.8 Å². The third kappa shape index (κ3) is 3.90. The molecule has 2 heterocycles. The van der Waals surface area contributed by atoms with Crippen LogP contribution in [-0.2, 0) is 0 Å². The number of rotatable bonds is 4. The van der Waals surface area contributed by atoms with E-state index < -0.39 is 0 Å². The zero-order chi connectivity index (χ0) is 17.8. The smallest absolute Gasteiger partial charge is 0.257 e. The molecule has 6 heteroatoms. The van der Waals surface area contributed by atoms with Gasteiger partial charge in [-0.15, -0.1) is 0 Å². The second-order valence-corrected chi connectivity index (χ2v) is 6.45. The molecular formula is C19H25N5O. The van der Waals surface area contributed by atoms with Crippen molar-refractivity contribution in [2.45, 2.75) is 26.8 Å². The Morgan fingerprint density at radius 3 is 2.48 bits per heavy atom. The van der Waals surface area contributed by atoms with Crippen LogP contribution >= 0.6 is 0 Å². The number of anilines is 2. The number of benzene rings is 1. The third-order valence-electron chi connectivity index (χ3n) is 4.52. The Bertz CT molecular complexity index is 714. The fourth-order valence-electron chi connectivity index (χ4n) is 3.10. The van der Waals surface area contributed by atoms with Gasteiger partial charge in [0.1, 0.15) is 0 Å². The van der Waals surface area contributed by atoms with Gasteiger partial charge in [0, 0.05) is 50.3 Å². The number of aromatic nitrogens is 2. The fraction of sp³-hybridized carbons (Fsp3) is 0.421. The number of amides is 1. The Kier molecular flexibility index (Phi) is 5.16. The van der Waals surface area contributed by atoms with E-state index in [-0.39, 0.29) is 11.9 Å². The van der Waals surface area contributed by atoms with E-state index in [1.54, 1.807) is 12.4 Å². The maximum absolute atomic E-state index is 12.8. The second-order valence-electron chi connectivity index (χ2n) is 6.45. The molecule has 6 nitrogen and oxygen atoms in total. The highest BCUT2D eigenvalue weighted by atomic mass is 16.2. The van der Waals surface area contributed by atoms with Crippen molar-refractivity contribution in [1.82, 2.24) is 14.9 Å². The molecule has 132 valence electrons. The van der Waals surface area contributed by atoms with Crippen molar-refractivity contribution in [3.05, 3.63) is 47.8 Å². The molecule has 0 bridgehead atoms. The lowest BCUT2D eigenvalue weighted by atomic mass is 10.1. The lowest BCUT2D eigenvalue weighted by molar-refractivity contribution is 0.0673. The minimum absolute atomic E-state index is 0.000829. The number of aryl methyl sites for hydroxylation is 1. The summed E-state index contributed by atoms with van der Waals surface area (Å²) in [5, 5.41) is 3.04. The van der Waals surface area contributed by atoms with E-state index in [0.29, 0.717) is 18.1 Å². The van der Waals surface area contributed by atoms with Gasteiger partial charge in [-0.3, -0.25) is 4.79 Å². The molecule has 0 unspecified atom stereocenters. The summed E-state index contributed by atoms with van der Waals surface area (Å²) < 4.78 is 0. The van der Waals surface area contributed by atoms with E-state index in [4.69, 9.17) is 0 Å². The van der Waals surface area contributed by atoms with Crippen LogP contribution in [-0.4, -0.2) is 53.0 Å². The molecule has 1 atom stereocenters. The quantitative estimate of drug-likeness (QED) is 0.928. The van der Waals surface area contributed by atoms with Gasteiger partial charge < -0.3 is 15.1 Å². The number of piperazine rings is 1. The van der Waals surface area contributed by atoms with Gasteiger partial charge in [0.2, 0.25) is 5.95 Å². The van der Waals surface area contributed by atoms with Crippen molar-refractivity contribution in [2.75, 3.05) is 36.4 Å². The Morgan fingerprint density at radius 1 is 1.20 bits per heavy atom. The standard InChI is InChI=1S/C19H25N5O/c1-4-20-19-21-11-16(12-22-19)18(25)24-10-9-23(13-15(24)3)17-7-5-14(2)6-8-17/h5-8,11-12,15H,4,9-10,13H2,1-3H3,(H,20,21,22)/t15-/m0/s1. The van der Waals surface area contributed by atoms with Gasteiger partial charge >= 0.3 is 0 Å². The Balaban J connectivity index is 1.66. The van der Waals surface area contributed by atoms with E-state index >= 15 is 0 Å². The van der Waals surface area contributed by atoms with Gasteiger partial charge in [0.25, 0.3) is 5.91 Å². The van der Waals surface area contributed by atoms with E-state index in [1.165, 1.54) is 11.3 Å². The van der Waals surface area contributed by atoms with Crippen molar-refractivity contribution >= 4 is 17.5 Å². The van der Waals surface area contributed by atoms with Crippen molar-refractivity contribution in [2.24, 2.45) is 0 Å². The highest BCUT2D eigenvalue weighted by Gasteiger charge is 2.28. The SMILES string of the molecule is CCNc1ncc(C(=O)N2CCN(c3ccc(C)cc3)C[C@@H]2C)cn1. The summed E-state index contributed by atoms with van der Waals surface area (Å²) in [5.41, 5.74) is 3.01. The van der Waals surface area contributed by atoms with Crippen molar-refractivity contribution in [1.29, 1.82) is 0 Å². The number of carbonyl (C=O) groups is 1. The first-order valence-corrected chi connectivity index (χ1v) is 8.77. The molecule has 1 aliphatic heterocycles. The van der Waals surface area contributed by atoms with E-state index in [9.17, 15) is 4.79 Å². The molecule has 2 aromatic rings. The first-order valence-electron chi connectivity index (χ1n) is 8.77. The topological polar surface area (TPSA) is 61.4 Å². The minimum Gasteiger partial charge on any atom is -0.368 e. The van der Waals surface area contributed by atoms with Crippen molar-refractivity contribution in [3.8, 4) is 0 Å². The minimum atomic E-state index is -0.000829. The van der Waals surface area contributed by atoms with Crippen LogP contribution in [0.5, 0.6) is 0 Å². The number of hydrogen-bond acceptors (Lipinski definition) is 5. The monoisotopic (exact) mass is 339 g/mol. The molecule has 1 amide bonds. The maximum Gasteiger partial charge on any atom is 0.257 e. The van der Waals surface area contributed by atoms with Crippen LogP contribution in [0.15, 0.2) is 36.7 Å². The Hall–Kier alpha value is -2.63. The molecule has 0 saturated carbocycles. The highest BCUT2D eigenvalue weighted by Crippen LogP contribution is 2.21. The average Bonchev–Trinajstić information content (AvgIpc) is 2.63. The predicted molar refractivity (Wildman–Crippen MR) is 100 cm³/mol. The van der Waals surface area contributed by atoms with Crippen LogP contribution in [0.4, 0.5) is 11.6 Å². The van der Waals surface area contributed by atoms with Gasteiger partial charge in [0.05, 0.1) is 5.56 Å². The molecule has 1 aromatic heterocycles. The van der Waals surface area contributed by atoms with Crippen LogP contribution in [0, 0.1) is 6.92 Å². The van der Waals surface area contributed by atoms with E-state index in [2.05, 4.69) is 58.3 Å². The summed E-state index contributed by atoms with van der Waals surface area (Å²) in [7, 11) is 0. The molecule has 0 spiro atoms. The highest BCUT2D eigenvalue weighted by molar-refractivity contribution is 5.94. The van der Waals surface area contributed by atoms with Crippen LogP contribution in [0.2, 0.25) is 0 Å². The summed E-state index contributed by atoms with van der Waals surface area (Å²) in [4.78, 5) is 25.4. The van der Waals surface area contributed by atoms with Crippen molar-refractivity contribution < 1.29 is 4.79 Å². The largest absolute Gasteiger partial charge is 0.368 e. The fourth-order valence-corrected chi connectivity index (χ4v) is 3.10. The van der Waals surface area contributed by atoms with Gasteiger partial charge in [-0.25, -0.2) is 9.97 Å². The molecular weight excluding hydrogens is 314 g/mol. The second kappa shape index (κ2) is 7.51. The Labute approximate surface area is 148 Å². The lowest BCUT2D eigenvalue weighted by Gasteiger charge is -2.41. The number of nitrogens with one attached hydrogen (secondary N) is 1. The molecule has 3 rings (SSSR count). The first-order chi connectivity index (χ1) is 12.1. The first kappa shape index (κ1) is 17.2. The van der Waals surface area contributed by atoms with E-state index in [0.717, 1.165) is 19.6 Å². The maximum atomic E-state index is 12.8. The average molecular weight is 339 g/mol. The van der Waals surface area contributed by atoms with Gasteiger partial charge in [-0.05, 0) is 32.9 Å². The Morgan fingerprint density at radius 2 is 1.88 bits per heavy atom. The summed E-state index contributed by atoms with van der Waals surface area (Å²) in [6.07, 6.45) is 3.21. The predicted octanol–water partition coefficient (Wildman–Crippen LogP) is 2.57. The molecule has 0 aliphatic carbocycles. The molecule has 1 aromatic carbocycles. The van der Waals surface area contributed by atoms with Gasteiger partial charge in [0.15, 0.2) is 0 Å². The zero-order valence-corrected chi connectivity index (χ0v) is 15.1.